The molecule has 0 amide bonds. The van der Waals surface area contributed by atoms with Crippen LogP contribution in [-0.2, 0) is 5.41 Å². The van der Waals surface area contributed by atoms with Crippen molar-refractivity contribution < 1.29 is 0 Å². The van der Waals surface area contributed by atoms with E-state index in [-0.39, 0.29) is 10.8 Å². The monoisotopic (exact) mass is 280 g/mol. The molecule has 0 spiro atoms. The molecule has 0 saturated heterocycles. The Morgan fingerprint density at radius 2 is 1.89 bits per heavy atom. The summed E-state index contributed by atoms with van der Waals surface area (Å²) in [6, 6.07) is 10.00. The summed E-state index contributed by atoms with van der Waals surface area (Å²) in [5.41, 5.74) is 1.14. The van der Waals surface area contributed by atoms with Crippen molar-refractivity contribution in [3.63, 3.8) is 0 Å². The van der Waals surface area contributed by atoms with Crippen LogP contribution in [0.2, 0.25) is 0 Å². The highest BCUT2D eigenvalue weighted by Gasteiger charge is 2.25. The predicted molar refractivity (Wildman–Crippen MR) is 77.4 cm³/mol. The largest absolute Gasteiger partial charge is 0.143 e. The van der Waals surface area contributed by atoms with Crippen LogP contribution in [0, 0.1) is 0 Å². The molecule has 4 heteroatoms. The average molecular weight is 281 g/mol. The highest BCUT2D eigenvalue weighted by molar-refractivity contribution is 7.11. The standard InChI is InChI=1S/C14H17ClN2S/c1-4-14(2,3)13-17-16-12(18-13)11(15)10-8-6-5-7-9-10/h5-9,11H,4H2,1-3H3. The van der Waals surface area contributed by atoms with Crippen molar-refractivity contribution in [3.05, 3.63) is 45.9 Å². The van der Waals surface area contributed by atoms with E-state index in [4.69, 9.17) is 11.6 Å². The maximum Gasteiger partial charge on any atom is 0.139 e. The van der Waals surface area contributed by atoms with Gasteiger partial charge in [0.2, 0.25) is 0 Å². The Morgan fingerprint density at radius 1 is 1.22 bits per heavy atom. The second-order valence-corrected chi connectivity index (χ2v) is 6.40. The molecule has 1 unspecified atom stereocenters. The molecular formula is C14H17ClN2S. The number of alkyl halides is 1. The molecule has 0 N–H and O–H groups in total. The average Bonchev–Trinajstić information content (AvgIpc) is 2.89. The molecule has 96 valence electrons. The van der Waals surface area contributed by atoms with Gasteiger partial charge in [-0.25, -0.2) is 0 Å². The van der Waals surface area contributed by atoms with E-state index < -0.39 is 0 Å². The minimum absolute atomic E-state index is 0.0726. The van der Waals surface area contributed by atoms with Gasteiger partial charge < -0.3 is 0 Å². The van der Waals surface area contributed by atoms with Crippen LogP contribution in [0.15, 0.2) is 30.3 Å². The molecule has 0 fully saturated rings. The molecule has 1 atom stereocenters. The smallest absolute Gasteiger partial charge is 0.139 e. The molecule has 0 saturated carbocycles. The highest BCUT2D eigenvalue weighted by Crippen LogP contribution is 2.35. The zero-order valence-corrected chi connectivity index (χ0v) is 12.4. The minimum atomic E-state index is -0.204. The van der Waals surface area contributed by atoms with Crippen LogP contribution in [0.1, 0.15) is 48.1 Å². The molecule has 0 aliphatic carbocycles. The second kappa shape index (κ2) is 5.37. The molecule has 0 aliphatic heterocycles. The van der Waals surface area contributed by atoms with Crippen molar-refractivity contribution in [1.29, 1.82) is 0 Å². The molecule has 2 rings (SSSR count). The van der Waals surface area contributed by atoms with Crippen LogP contribution >= 0.6 is 22.9 Å². The SMILES string of the molecule is CCC(C)(C)c1nnc(C(Cl)c2ccccc2)s1. The number of aromatic nitrogens is 2. The molecule has 1 aromatic carbocycles. The summed E-state index contributed by atoms with van der Waals surface area (Å²) < 4.78 is 0. The Kier molecular flexibility index (Phi) is 4.03. The summed E-state index contributed by atoms with van der Waals surface area (Å²) in [7, 11) is 0. The maximum absolute atomic E-state index is 6.45. The summed E-state index contributed by atoms with van der Waals surface area (Å²) in [5.74, 6) is 0. The fraction of sp³-hybridized carbons (Fsp3) is 0.429. The summed E-state index contributed by atoms with van der Waals surface area (Å²) in [6.07, 6.45) is 1.04. The first-order chi connectivity index (χ1) is 8.54. The number of benzene rings is 1. The zero-order chi connectivity index (χ0) is 13.2. The number of nitrogens with zero attached hydrogens (tertiary/aromatic N) is 2. The summed E-state index contributed by atoms with van der Waals surface area (Å²) in [4.78, 5) is 0. The molecule has 2 aromatic rings. The van der Waals surface area contributed by atoms with Crippen molar-refractivity contribution >= 4 is 22.9 Å². The third kappa shape index (κ3) is 2.73. The Morgan fingerprint density at radius 3 is 2.50 bits per heavy atom. The van der Waals surface area contributed by atoms with E-state index in [9.17, 15) is 0 Å². The highest BCUT2D eigenvalue weighted by atomic mass is 35.5. The predicted octanol–water partition coefficient (Wildman–Crippen LogP) is 4.55. The molecular weight excluding hydrogens is 264 g/mol. The summed E-state index contributed by atoms with van der Waals surface area (Å²) in [5, 5.41) is 10.3. The lowest BCUT2D eigenvalue weighted by atomic mass is 9.91. The number of hydrogen-bond acceptors (Lipinski definition) is 3. The van der Waals surface area contributed by atoms with Gasteiger partial charge in [-0.1, -0.05) is 62.4 Å². The van der Waals surface area contributed by atoms with E-state index in [0.717, 1.165) is 22.0 Å². The Balaban J connectivity index is 2.26. The number of hydrogen-bond donors (Lipinski definition) is 0. The van der Waals surface area contributed by atoms with E-state index in [1.807, 2.05) is 30.3 Å². The lowest BCUT2D eigenvalue weighted by Gasteiger charge is -2.17. The van der Waals surface area contributed by atoms with Crippen LogP contribution in [0.4, 0.5) is 0 Å². The number of rotatable bonds is 4. The zero-order valence-electron chi connectivity index (χ0n) is 10.9. The van der Waals surface area contributed by atoms with Crippen molar-refractivity contribution in [2.75, 3.05) is 0 Å². The van der Waals surface area contributed by atoms with Gasteiger partial charge in [-0.3, -0.25) is 0 Å². The Hall–Kier alpha value is -0.930. The lowest BCUT2D eigenvalue weighted by molar-refractivity contribution is 0.498. The molecule has 0 bridgehead atoms. The summed E-state index contributed by atoms with van der Waals surface area (Å²) in [6.45, 7) is 6.53. The van der Waals surface area contributed by atoms with E-state index in [2.05, 4.69) is 31.0 Å². The topological polar surface area (TPSA) is 25.8 Å². The van der Waals surface area contributed by atoms with Crippen molar-refractivity contribution in [2.45, 2.75) is 38.0 Å². The fourth-order valence-electron chi connectivity index (χ4n) is 1.53. The maximum atomic E-state index is 6.45. The van der Waals surface area contributed by atoms with Crippen molar-refractivity contribution in [1.82, 2.24) is 10.2 Å². The van der Waals surface area contributed by atoms with Crippen molar-refractivity contribution in [3.8, 4) is 0 Å². The van der Waals surface area contributed by atoms with Gasteiger partial charge in [-0.05, 0) is 12.0 Å². The van der Waals surface area contributed by atoms with Crippen LogP contribution in [0.25, 0.3) is 0 Å². The van der Waals surface area contributed by atoms with Crippen LogP contribution in [-0.4, -0.2) is 10.2 Å². The first-order valence-corrected chi connectivity index (χ1v) is 7.33. The first kappa shape index (κ1) is 13.5. The van der Waals surface area contributed by atoms with Gasteiger partial charge in [0.25, 0.3) is 0 Å². The second-order valence-electron chi connectivity index (χ2n) is 4.96. The van der Waals surface area contributed by atoms with E-state index in [1.54, 1.807) is 11.3 Å². The van der Waals surface area contributed by atoms with Crippen LogP contribution in [0.5, 0.6) is 0 Å². The van der Waals surface area contributed by atoms with Crippen LogP contribution < -0.4 is 0 Å². The van der Waals surface area contributed by atoms with Gasteiger partial charge in [0.05, 0.1) is 0 Å². The fourth-order valence-corrected chi connectivity index (χ4v) is 2.87. The molecule has 1 heterocycles. The van der Waals surface area contributed by atoms with Crippen molar-refractivity contribution in [2.24, 2.45) is 0 Å². The van der Waals surface area contributed by atoms with Gasteiger partial charge in [-0.2, -0.15) is 0 Å². The molecule has 0 radical (unpaired) electrons. The summed E-state index contributed by atoms with van der Waals surface area (Å²) >= 11 is 8.06. The Bertz CT molecular complexity index is 508. The van der Waals surface area contributed by atoms with E-state index >= 15 is 0 Å². The molecule has 1 aromatic heterocycles. The van der Waals surface area contributed by atoms with Crippen LogP contribution in [0.3, 0.4) is 0 Å². The van der Waals surface area contributed by atoms with Gasteiger partial charge in [0.15, 0.2) is 0 Å². The van der Waals surface area contributed by atoms with Gasteiger partial charge in [0.1, 0.15) is 15.4 Å². The van der Waals surface area contributed by atoms with E-state index in [0.29, 0.717) is 0 Å². The number of halogens is 1. The Labute approximate surface area is 117 Å². The molecule has 2 nitrogen and oxygen atoms in total. The van der Waals surface area contributed by atoms with Gasteiger partial charge in [-0.15, -0.1) is 21.8 Å². The normalized spacial score (nSPS) is 13.6. The lowest BCUT2D eigenvalue weighted by Crippen LogP contribution is -2.14. The third-order valence-corrected chi connectivity index (χ3v) is 5.15. The van der Waals surface area contributed by atoms with Gasteiger partial charge in [0, 0.05) is 5.41 Å². The first-order valence-electron chi connectivity index (χ1n) is 6.07. The molecule has 18 heavy (non-hydrogen) atoms. The molecule has 0 aliphatic rings. The van der Waals surface area contributed by atoms with E-state index in [1.165, 1.54) is 0 Å². The van der Waals surface area contributed by atoms with Gasteiger partial charge >= 0.3 is 0 Å². The quantitative estimate of drug-likeness (QED) is 0.768. The third-order valence-electron chi connectivity index (χ3n) is 3.21. The minimum Gasteiger partial charge on any atom is -0.143 e.